The van der Waals surface area contributed by atoms with Crippen LogP contribution in [0.2, 0.25) is 0 Å². The van der Waals surface area contributed by atoms with Gasteiger partial charge in [0.25, 0.3) is 0 Å². The Morgan fingerprint density at radius 1 is 0.957 bits per heavy atom. The van der Waals surface area contributed by atoms with Crippen molar-refractivity contribution in [3.05, 3.63) is 65.7 Å². The van der Waals surface area contributed by atoms with Gasteiger partial charge in [0.05, 0.1) is 6.26 Å². The zero-order valence-corrected chi connectivity index (χ0v) is 13.7. The highest BCUT2D eigenvalue weighted by molar-refractivity contribution is 7.92. The van der Waals surface area contributed by atoms with E-state index in [0.29, 0.717) is 5.69 Å². The molecule has 0 aromatic heterocycles. The average Bonchev–Trinajstić information content (AvgIpc) is 2.47. The molecule has 2 N–H and O–H groups in total. The molecule has 5 nitrogen and oxygen atoms in total. The Hall–Kier alpha value is -2.60. The first-order chi connectivity index (χ1) is 10.8. The van der Waals surface area contributed by atoms with Gasteiger partial charge >= 0.3 is 0 Å². The number of benzene rings is 2. The minimum Gasteiger partial charge on any atom is -0.323 e. The highest BCUT2D eigenvalue weighted by Gasteiger charge is 2.01. The smallest absolute Gasteiger partial charge is 0.248 e. The maximum absolute atomic E-state index is 11.8. The zero-order chi connectivity index (χ0) is 16.9. The number of carbonyl (C=O) groups excluding carboxylic acids is 1. The summed E-state index contributed by atoms with van der Waals surface area (Å²) in [5.74, 6) is -0.229. The average molecular weight is 330 g/mol. The van der Waals surface area contributed by atoms with Gasteiger partial charge in [0.2, 0.25) is 15.9 Å². The van der Waals surface area contributed by atoms with Crippen LogP contribution in [0.15, 0.2) is 54.6 Å². The van der Waals surface area contributed by atoms with E-state index in [1.54, 1.807) is 30.3 Å². The quantitative estimate of drug-likeness (QED) is 0.828. The summed E-state index contributed by atoms with van der Waals surface area (Å²) in [5, 5.41) is 2.76. The Labute approximate surface area is 136 Å². The SMILES string of the molecule is Cc1ccc(NC(=O)/C=C/c2ccc(NS(C)(=O)=O)cc2)cc1. The van der Waals surface area contributed by atoms with Gasteiger partial charge in [-0.15, -0.1) is 0 Å². The van der Waals surface area contributed by atoms with Gasteiger partial charge in [-0.3, -0.25) is 9.52 Å². The minimum absolute atomic E-state index is 0.229. The topological polar surface area (TPSA) is 75.3 Å². The van der Waals surface area contributed by atoms with Gasteiger partial charge in [0, 0.05) is 17.5 Å². The second-order valence-corrected chi connectivity index (χ2v) is 6.93. The molecule has 2 aromatic carbocycles. The number of nitrogens with one attached hydrogen (secondary N) is 2. The molecule has 120 valence electrons. The fourth-order valence-electron chi connectivity index (χ4n) is 1.87. The molecule has 0 fully saturated rings. The summed E-state index contributed by atoms with van der Waals surface area (Å²) >= 11 is 0. The van der Waals surface area contributed by atoms with E-state index in [-0.39, 0.29) is 5.91 Å². The molecule has 0 aliphatic rings. The van der Waals surface area contributed by atoms with Crippen LogP contribution in [0.4, 0.5) is 11.4 Å². The molecule has 0 bridgehead atoms. The monoisotopic (exact) mass is 330 g/mol. The fourth-order valence-corrected chi connectivity index (χ4v) is 2.43. The van der Waals surface area contributed by atoms with Crippen molar-refractivity contribution < 1.29 is 13.2 Å². The number of aryl methyl sites for hydroxylation is 1. The Bertz CT molecular complexity index is 808. The number of hydrogen-bond donors (Lipinski definition) is 2. The van der Waals surface area contributed by atoms with E-state index >= 15 is 0 Å². The van der Waals surface area contributed by atoms with Crippen LogP contribution in [0.5, 0.6) is 0 Å². The first-order valence-corrected chi connectivity index (χ1v) is 8.84. The maximum atomic E-state index is 11.8. The Morgan fingerprint density at radius 3 is 2.09 bits per heavy atom. The van der Waals surface area contributed by atoms with Crippen molar-refractivity contribution in [2.24, 2.45) is 0 Å². The molecule has 0 saturated heterocycles. The van der Waals surface area contributed by atoms with Crippen LogP contribution in [-0.2, 0) is 14.8 Å². The molecule has 0 spiro atoms. The normalized spacial score (nSPS) is 11.4. The second-order valence-electron chi connectivity index (χ2n) is 5.18. The van der Waals surface area contributed by atoms with E-state index in [0.717, 1.165) is 23.1 Å². The Kier molecular flexibility index (Phi) is 5.18. The minimum atomic E-state index is -3.29. The number of hydrogen-bond acceptors (Lipinski definition) is 3. The summed E-state index contributed by atoms with van der Waals surface area (Å²) < 4.78 is 24.6. The van der Waals surface area contributed by atoms with Crippen LogP contribution >= 0.6 is 0 Å². The molecule has 0 saturated carbocycles. The number of rotatable bonds is 5. The van der Waals surface area contributed by atoms with Crippen LogP contribution < -0.4 is 10.0 Å². The lowest BCUT2D eigenvalue weighted by Gasteiger charge is -2.04. The Balaban J connectivity index is 1.96. The van der Waals surface area contributed by atoms with Crippen LogP contribution in [0.1, 0.15) is 11.1 Å². The molecule has 2 rings (SSSR count). The van der Waals surface area contributed by atoms with Crippen molar-refractivity contribution in [2.45, 2.75) is 6.92 Å². The molecule has 0 radical (unpaired) electrons. The summed E-state index contributed by atoms with van der Waals surface area (Å²) in [5.41, 5.74) is 3.14. The summed E-state index contributed by atoms with van der Waals surface area (Å²) in [6.45, 7) is 1.98. The first-order valence-electron chi connectivity index (χ1n) is 6.95. The zero-order valence-electron chi connectivity index (χ0n) is 12.9. The van der Waals surface area contributed by atoms with Gasteiger partial charge in [-0.1, -0.05) is 29.8 Å². The number of amides is 1. The molecule has 2 aromatic rings. The lowest BCUT2D eigenvalue weighted by Crippen LogP contribution is -2.09. The molecular weight excluding hydrogens is 312 g/mol. The van der Waals surface area contributed by atoms with Crippen molar-refractivity contribution in [3.8, 4) is 0 Å². The number of carbonyl (C=O) groups is 1. The molecule has 6 heteroatoms. The van der Waals surface area contributed by atoms with Crippen molar-refractivity contribution in [1.82, 2.24) is 0 Å². The third-order valence-electron chi connectivity index (χ3n) is 2.96. The van der Waals surface area contributed by atoms with Crippen molar-refractivity contribution in [1.29, 1.82) is 0 Å². The first kappa shape index (κ1) is 16.8. The van der Waals surface area contributed by atoms with Gasteiger partial charge in [-0.25, -0.2) is 8.42 Å². The van der Waals surface area contributed by atoms with E-state index in [4.69, 9.17) is 0 Å². The number of anilines is 2. The van der Waals surface area contributed by atoms with Crippen LogP contribution in [-0.4, -0.2) is 20.6 Å². The summed E-state index contributed by atoms with van der Waals surface area (Å²) in [7, 11) is -3.29. The predicted octanol–water partition coefficient (Wildman–Crippen LogP) is 3.02. The highest BCUT2D eigenvalue weighted by Crippen LogP contribution is 2.12. The molecule has 0 aliphatic heterocycles. The van der Waals surface area contributed by atoms with Gasteiger partial charge in [-0.05, 0) is 42.8 Å². The Morgan fingerprint density at radius 2 is 1.52 bits per heavy atom. The van der Waals surface area contributed by atoms with Crippen LogP contribution in [0, 0.1) is 6.92 Å². The molecule has 0 unspecified atom stereocenters. The summed E-state index contributed by atoms with van der Waals surface area (Å²) in [6, 6.07) is 14.3. The third-order valence-corrected chi connectivity index (χ3v) is 3.57. The standard InChI is InChI=1S/C17H18N2O3S/c1-13-3-8-15(9-4-13)18-17(20)12-7-14-5-10-16(11-6-14)19-23(2,21)22/h3-12,19H,1-2H3,(H,18,20)/b12-7+. The molecule has 1 amide bonds. The maximum Gasteiger partial charge on any atom is 0.248 e. The van der Waals surface area contributed by atoms with Crippen LogP contribution in [0.3, 0.4) is 0 Å². The largest absolute Gasteiger partial charge is 0.323 e. The second kappa shape index (κ2) is 7.11. The predicted molar refractivity (Wildman–Crippen MR) is 93.8 cm³/mol. The van der Waals surface area contributed by atoms with E-state index in [1.807, 2.05) is 31.2 Å². The lowest BCUT2D eigenvalue weighted by molar-refractivity contribution is -0.111. The molecule has 23 heavy (non-hydrogen) atoms. The highest BCUT2D eigenvalue weighted by atomic mass is 32.2. The lowest BCUT2D eigenvalue weighted by atomic mass is 10.2. The van der Waals surface area contributed by atoms with Gasteiger partial charge in [-0.2, -0.15) is 0 Å². The van der Waals surface area contributed by atoms with Crippen molar-refractivity contribution in [2.75, 3.05) is 16.3 Å². The van der Waals surface area contributed by atoms with E-state index < -0.39 is 10.0 Å². The van der Waals surface area contributed by atoms with Crippen molar-refractivity contribution in [3.63, 3.8) is 0 Å². The summed E-state index contributed by atoms with van der Waals surface area (Å²) in [4.78, 5) is 11.8. The molecular formula is C17H18N2O3S. The molecule has 0 atom stereocenters. The summed E-state index contributed by atoms with van der Waals surface area (Å²) in [6.07, 6.45) is 4.18. The van der Waals surface area contributed by atoms with E-state index in [1.165, 1.54) is 6.08 Å². The third kappa shape index (κ3) is 5.96. The van der Waals surface area contributed by atoms with Gasteiger partial charge in [0.1, 0.15) is 0 Å². The fraction of sp³-hybridized carbons (Fsp3) is 0.118. The van der Waals surface area contributed by atoms with E-state index in [9.17, 15) is 13.2 Å². The molecule has 0 heterocycles. The van der Waals surface area contributed by atoms with Gasteiger partial charge < -0.3 is 5.32 Å². The van der Waals surface area contributed by atoms with Crippen molar-refractivity contribution >= 4 is 33.4 Å². The van der Waals surface area contributed by atoms with Gasteiger partial charge in [0.15, 0.2) is 0 Å². The van der Waals surface area contributed by atoms with Crippen LogP contribution in [0.25, 0.3) is 6.08 Å². The number of sulfonamides is 1. The van der Waals surface area contributed by atoms with E-state index in [2.05, 4.69) is 10.0 Å². The molecule has 0 aliphatic carbocycles.